The van der Waals surface area contributed by atoms with Gasteiger partial charge in [-0.25, -0.2) is 0 Å². The lowest BCUT2D eigenvalue weighted by Crippen LogP contribution is -2.53. The van der Waals surface area contributed by atoms with Crippen LogP contribution in [-0.2, 0) is 4.79 Å². The van der Waals surface area contributed by atoms with Crippen LogP contribution in [0.3, 0.4) is 0 Å². The van der Waals surface area contributed by atoms with Crippen LogP contribution in [0.4, 0.5) is 0 Å². The lowest BCUT2D eigenvalue weighted by atomic mass is 9.62. The molecule has 3 heteroatoms. The molecule has 1 spiro atoms. The van der Waals surface area contributed by atoms with Crippen LogP contribution in [0.5, 0.6) is 0 Å². The van der Waals surface area contributed by atoms with E-state index in [4.69, 9.17) is 0 Å². The minimum Gasteiger partial charge on any atom is -0.341 e. The van der Waals surface area contributed by atoms with E-state index in [1.54, 1.807) is 0 Å². The predicted octanol–water partition coefficient (Wildman–Crippen LogP) is 3.11. The largest absolute Gasteiger partial charge is 0.341 e. The van der Waals surface area contributed by atoms with Gasteiger partial charge in [0.2, 0.25) is 5.91 Å². The fourth-order valence-electron chi connectivity index (χ4n) is 4.56. The number of carbonyl (C=O) groups excluding carboxylic acids is 1. The standard InChI is InChI=1S/C16H24N2O/c1-13-10-16(11-13,12-17)14(19)18-8-6-15(7-9-18)4-2-3-5-15/h13H,2-11H2,1H3. The summed E-state index contributed by atoms with van der Waals surface area (Å²) in [4.78, 5) is 14.6. The molecule has 0 atom stereocenters. The quantitative estimate of drug-likeness (QED) is 0.727. The normalized spacial score (nSPS) is 36.8. The molecule has 19 heavy (non-hydrogen) atoms. The molecule has 0 radical (unpaired) electrons. The maximum Gasteiger partial charge on any atom is 0.243 e. The highest BCUT2D eigenvalue weighted by molar-refractivity contribution is 5.86. The van der Waals surface area contributed by atoms with Crippen molar-refractivity contribution in [2.45, 2.75) is 58.3 Å². The van der Waals surface area contributed by atoms with Crippen LogP contribution in [-0.4, -0.2) is 23.9 Å². The summed E-state index contributed by atoms with van der Waals surface area (Å²) in [6, 6.07) is 2.31. The van der Waals surface area contributed by atoms with Crippen LogP contribution in [0, 0.1) is 28.1 Å². The summed E-state index contributed by atoms with van der Waals surface area (Å²) in [7, 11) is 0. The topological polar surface area (TPSA) is 44.1 Å². The van der Waals surface area contributed by atoms with Crippen molar-refractivity contribution in [1.82, 2.24) is 4.90 Å². The number of rotatable bonds is 1. The van der Waals surface area contributed by atoms with Crippen molar-refractivity contribution >= 4 is 5.91 Å². The SMILES string of the molecule is CC1CC(C#N)(C(=O)N2CCC3(CCCC3)CC2)C1. The fraction of sp³-hybridized carbons (Fsp3) is 0.875. The molecule has 2 saturated carbocycles. The molecule has 1 aliphatic heterocycles. The summed E-state index contributed by atoms with van der Waals surface area (Å²) < 4.78 is 0. The van der Waals surface area contributed by atoms with Crippen LogP contribution in [0.15, 0.2) is 0 Å². The van der Waals surface area contributed by atoms with E-state index in [1.165, 1.54) is 25.7 Å². The smallest absolute Gasteiger partial charge is 0.243 e. The van der Waals surface area contributed by atoms with E-state index in [-0.39, 0.29) is 5.91 Å². The number of likely N-dealkylation sites (tertiary alicyclic amines) is 1. The Morgan fingerprint density at radius 2 is 1.74 bits per heavy atom. The zero-order valence-corrected chi connectivity index (χ0v) is 12.0. The van der Waals surface area contributed by atoms with Crippen molar-refractivity contribution in [2.75, 3.05) is 13.1 Å². The second-order valence-electron chi connectivity index (χ2n) is 7.21. The molecular formula is C16H24N2O. The summed E-state index contributed by atoms with van der Waals surface area (Å²) in [5, 5.41) is 9.36. The van der Waals surface area contributed by atoms with Gasteiger partial charge in [0.25, 0.3) is 0 Å². The lowest BCUT2D eigenvalue weighted by Gasteiger charge is -2.46. The van der Waals surface area contributed by atoms with Gasteiger partial charge in [-0.3, -0.25) is 4.79 Å². The highest BCUT2D eigenvalue weighted by Crippen LogP contribution is 2.49. The second-order valence-corrected chi connectivity index (χ2v) is 7.21. The number of carbonyl (C=O) groups is 1. The molecule has 0 unspecified atom stereocenters. The Kier molecular flexibility index (Phi) is 3.08. The van der Waals surface area contributed by atoms with Gasteiger partial charge in [-0.15, -0.1) is 0 Å². The first-order valence-electron chi connectivity index (χ1n) is 7.80. The van der Waals surface area contributed by atoms with E-state index < -0.39 is 5.41 Å². The molecule has 1 saturated heterocycles. The number of hydrogen-bond acceptors (Lipinski definition) is 2. The summed E-state index contributed by atoms with van der Waals surface area (Å²) in [5.74, 6) is 0.663. The van der Waals surface area contributed by atoms with E-state index in [9.17, 15) is 10.1 Å². The Morgan fingerprint density at radius 1 is 1.16 bits per heavy atom. The van der Waals surface area contributed by atoms with Crippen molar-refractivity contribution in [3.8, 4) is 6.07 Å². The Morgan fingerprint density at radius 3 is 2.21 bits per heavy atom. The van der Waals surface area contributed by atoms with Crippen molar-refractivity contribution in [3.63, 3.8) is 0 Å². The summed E-state index contributed by atoms with van der Waals surface area (Å²) >= 11 is 0. The average molecular weight is 260 g/mol. The van der Waals surface area contributed by atoms with E-state index >= 15 is 0 Å². The van der Waals surface area contributed by atoms with Crippen LogP contribution in [0.25, 0.3) is 0 Å². The van der Waals surface area contributed by atoms with Gasteiger partial charge in [-0.2, -0.15) is 5.26 Å². The number of nitrogens with zero attached hydrogens (tertiary/aromatic N) is 2. The third-order valence-electron chi connectivity index (χ3n) is 5.79. The molecule has 3 aliphatic rings. The van der Waals surface area contributed by atoms with Crippen LogP contribution < -0.4 is 0 Å². The maximum absolute atomic E-state index is 12.6. The minimum atomic E-state index is -0.667. The second kappa shape index (κ2) is 4.51. The average Bonchev–Trinajstić information content (AvgIpc) is 2.83. The van der Waals surface area contributed by atoms with Gasteiger partial charge in [-0.1, -0.05) is 19.8 Å². The van der Waals surface area contributed by atoms with E-state index in [0.29, 0.717) is 11.3 Å². The Balaban J connectivity index is 1.62. The number of nitriles is 1. The maximum atomic E-state index is 12.6. The van der Waals surface area contributed by atoms with Gasteiger partial charge in [-0.05, 0) is 49.9 Å². The zero-order valence-electron chi connectivity index (χ0n) is 12.0. The van der Waals surface area contributed by atoms with E-state index in [0.717, 1.165) is 38.8 Å². The van der Waals surface area contributed by atoms with Gasteiger partial charge < -0.3 is 4.90 Å². The Bertz CT molecular complexity index is 401. The highest BCUT2D eigenvalue weighted by Gasteiger charge is 2.51. The minimum absolute atomic E-state index is 0.126. The molecule has 0 aromatic carbocycles. The van der Waals surface area contributed by atoms with E-state index in [2.05, 4.69) is 13.0 Å². The third-order valence-corrected chi connectivity index (χ3v) is 5.79. The molecule has 104 valence electrons. The molecule has 2 aliphatic carbocycles. The molecule has 0 aromatic heterocycles. The van der Waals surface area contributed by atoms with Crippen LogP contribution in [0.1, 0.15) is 58.3 Å². The van der Waals surface area contributed by atoms with Gasteiger partial charge in [0.1, 0.15) is 5.41 Å². The molecule has 0 bridgehead atoms. The van der Waals surface area contributed by atoms with Crippen molar-refractivity contribution < 1.29 is 4.79 Å². The molecule has 3 nitrogen and oxygen atoms in total. The highest BCUT2D eigenvalue weighted by atomic mass is 16.2. The van der Waals surface area contributed by atoms with Crippen LogP contribution >= 0.6 is 0 Å². The first-order chi connectivity index (χ1) is 9.09. The summed E-state index contributed by atoms with van der Waals surface area (Å²) in [6.07, 6.45) is 9.31. The first-order valence-corrected chi connectivity index (χ1v) is 7.80. The van der Waals surface area contributed by atoms with Crippen molar-refractivity contribution in [1.29, 1.82) is 5.26 Å². The fourth-order valence-corrected chi connectivity index (χ4v) is 4.56. The monoisotopic (exact) mass is 260 g/mol. The molecule has 0 aromatic rings. The molecule has 1 amide bonds. The van der Waals surface area contributed by atoms with Crippen molar-refractivity contribution in [3.05, 3.63) is 0 Å². The number of amides is 1. The van der Waals surface area contributed by atoms with Gasteiger partial charge in [0.15, 0.2) is 0 Å². The number of hydrogen-bond donors (Lipinski definition) is 0. The predicted molar refractivity (Wildman–Crippen MR) is 73.2 cm³/mol. The molecular weight excluding hydrogens is 236 g/mol. The third kappa shape index (κ3) is 2.06. The van der Waals surface area contributed by atoms with Crippen molar-refractivity contribution in [2.24, 2.45) is 16.7 Å². The molecule has 3 rings (SSSR count). The Labute approximate surface area is 116 Å². The van der Waals surface area contributed by atoms with Gasteiger partial charge >= 0.3 is 0 Å². The zero-order chi connectivity index (χ0) is 13.5. The molecule has 3 fully saturated rings. The Hall–Kier alpha value is -1.04. The number of piperidine rings is 1. The van der Waals surface area contributed by atoms with E-state index in [1.807, 2.05) is 4.90 Å². The molecule has 0 N–H and O–H groups in total. The van der Waals surface area contributed by atoms with Gasteiger partial charge in [0, 0.05) is 13.1 Å². The first kappa shape index (κ1) is 13.0. The molecule has 1 heterocycles. The van der Waals surface area contributed by atoms with Gasteiger partial charge in [0.05, 0.1) is 6.07 Å². The van der Waals surface area contributed by atoms with Crippen LogP contribution in [0.2, 0.25) is 0 Å². The summed E-state index contributed by atoms with van der Waals surface area (Å²) in [6.45, 7) is 3.90. The lowest BCUT2D eigenvalue weighted by molar-refractivity contribution is -0.147. The summed E-state index contributed by atoms with van der Waals surface area (Å²) in [5.41, 5.74) is -0.122.